The lowest BCUT2D eigenvalue weighted by Crippen LogP contribution is -2.52. The monoisotopic (exact) mass is 303 g/mol. The Hall–Kier alpha value is -2.49. The number of benzene rings is 1. The summed E-state index contributed by atoms with van der Waals surface area (Å²) in [7, 11) is 2.09. The van der Waals surface area contributed by atoms with Crippen LogP contribution in [0.25, 0.3) is 17.0 Å². The van der Waals surface area contributed by atoms with Gasteiger partial charge in [-0.15, -0.1) is 0 Å². The molecule has 4 rings (SSSR count). The van der Waals surface area contributed by atoms with Crippen LogP contribution in [0.4, 0.5) is 5.82 Å². The fraction of sp³-hybridized carbons (Fsp3) is 0.211. The first kappa shape index (κ1) is 14.1. The summed E-state index contributed by atoms with van der Waals surface area (Å²) in [5, 5.41) is 1.20. The average Bonchev–Trinajstić information content (AvgIpc) is 2.90. The molecule has 114 valence electrons. The molecule has 0 amide bonds. The van der Waals surface area contributed by atoms with Crippen molar-refractivity contribution in [3.8, 4) is 0 Å². The first-order chi connectivity index (χ1) is 11.1. The van der Waals surface area contributed by atoms with Crippen molar-refractivity contribution in [2.24, 2.45) is 7.05 Å². The predicted octanol–water partition coefficient (Wildman–Crippen LogP) is 3.28. The van der Waals surface area contributed by atoms with Crippen molar-refractivity contribution in [1.29, 1.82) is 0 Å². The van der Waals surface area contributed by atoms with Crippen LogP contribution in [0.1, 0.15) is 18.1 Å². The highest BCUT2D eigenvalue weighted by Gasteiger charge is 2.40. The standard InChI is InChI=1S/C19H20BN2O/c1-13-9-10-21(4)18(11-13)22-14(2)12-16-15-7-5-6-8-17(15)23-19(16)20(22)3/h5-12H,1-4H3/q+1. The second-order valence-electron chi connectivity index (χ2n) is 6.38. The Morgan fingerprint density at radius 2 is 1.91 bits per heavy atom. The van der Waals surface area contributed by atoms with Crippen LogP contribution < -0.4 is 15.0 Å². The number of rotatable bonds is 1. The van der Waals surface area contributed by atoms with E-state index in [0.717, 1.165) is 11.2 Å². The molecule has 0 unspecified atom stereocenters. The average molecular weight is 303 g/mol. The lowest BCUT2D eigenvalue weighted by Gasteiger charge is -2.26. The van der Waals surface area contributed by atoms with E-state index >= 15 is 0 Å². The van der Waals surface area contributed by atoms with Gasteiger partial charge in [-0.3, -0.25) is 4.81 Å². The molecule has 1 aliphatic rings. The van der Waals surface area contributed by atoms with Crippen LogP contribution in [0.15, 0.2) is 52.7 Å². The molecule has 3 aromatic rings. The van der Waals surface area contributed by atoms with Crippen molar-refractivity contribution in [2.75, 3.05) is 4.81 Å². The normalized spacial score (nSPS) is 14.2. The summed E-state index contributed by atoms with van der Waals surface area (Å²) in [5.41, 5.74) is 5.71. The Labute approximate surface area is 136 Å². The van der Waals surface area contributed by atoms with E-state index in [1.165, 1.54) is 28.0 Å². The molecule has 0 saturated carbocycles. The van der Waals surface area contributed by atoms with Crippen LogP contribution in [0.3, 0.4) is 0 Å². The van der Waals surface area contributed by atoms with Crippen LogP contribution >= 0.6 is 0 Å². The Morgan fingerprint density at radius 3 is 2.74 bits per heavy atom. The van der Waals surface area contributed by atoms with E-state index in [0.29, 0.717) is 0 Å². The molecule has 4 heteroatoms. The molecule has 0 N–H and O–H groups in total. The summed E-state index contributed by atoms with van der Waals surface area (Å²) in [4.78, 5) is 2.34. The molecule has 3 nitrogen and oxygen atoms in total. The molecule has 0 fully saturated rings. The lowest BCUT2D eigenvalue weighted by atomic mass is 9.57. The number of fused-ring (bicyclic) bond motifs is 3. The molecule has 1 aromatic carbocycles. The van der Waals surface area contributed by atoms with Gasteiger partial charge in [0.05, 0.1) is 18.9 Å². The fourth-order valence-corrected chi connectivity index (χ4v) is 3.52. The van der Waals surface area contributed by atoms with Crippen molar-refractivity contribution in [3.05, 3.63) is 59.4 Å². The minimum absolute atomic E-state index is 0.162. The summed E-state index contributed by atoms with van der Waals surface area (Å²) in [6.07, 6.45) is 4.35. The maximum Gasteiger partial charge on any atom is 0.447 e. The highest BCUT2D eigenvalue weighted by molar-refractivity contribution is 6.76. The quantitative estimate of drug-likeness (QED) is 0.508. The second kappa shape index (κ2) is 5.02. The number of aromatic nitrogens is 1. The number of pyridine rings is 1. The number of hydrogen-bond donors (Lipinski definition) is 0. The maximum absolute atomic E-state index is 6.18. The first-order valence-electron chi connectivity index (χ1n) is 8.01. The third-order valence-electron chi connectivity index (χ3n) is 4.69. The summed E-state index contributed by atoms with van der Waals surface area (Å²) in [6.45, 7) is 6.67. The number of nitrogens with zero attached hydrogens (tertiary/aromatic N) is 2. The third-order valence-corrected chi connectivity index (χ3v) is 4.69. The Bertz CT molecular complexity index is 942. The number of allylic oxidation sites excluding steroid dienone is 1. The van der Waals surface area contributed by atoms with Gasteiger partial charge >= 0.3 is 6.85 Å². The van der Waals surface area contributed by atoms with E-state index in [1.54, 1.807) is 0 Å². The van der Waals surface area contributed by atoms with Gasteiger partial charge < -0.3 is 4.42 Å². The Morgan fingerprint density at radius 1 is 1.13 bits per heavy atom. The molecule has 0 saturated heterocycles. The summed E-state index contributed by atoms with van der Waals surface area (Å²) in [5.74, 6) is 1.18. The number of para-hydroxylation sites is 1. The summed E-state index contributed by atoms with van der Waals surface area (Å²) < 4.78 is 8.34. The van der Waals surface area contributed by atoms with Gasteiger partial charge in [0, 0.05) is 17.0 Å². The second-order valence-corrected chi connectivity index (χ2v) is 6.38. The van der Waals surface area contributed by atoms with Gasteiger partial charge in [-0.25, -0.2) is 4.57 Å². The minimum Gasteiger partial charge on any atom is -0.465 e. The molecular formula is C19H20BN2O+. The summed E-state index contributed by atoms with van der Waals surface area (Å²) >= 11 is 0. The van der Waals surface area contributed by atoms with Gasteiger partial charge in [-0.2, -0.15) is 0 Å². The smallest absolute Gasteiger partial charge is 0.447 e. The van der Waals surface area contributed by atoms with Gasteiger partial charge in [0.1, 0.15) is 11.2 Å². The molecule has 23 heavy (non-hydrogen) atoms. The largest absolute Gasteiger partial charge is 0.465 e. The Kier molecular flexibility index (Phi) is 3.08. The van der Waals surface area contributed by atoms with Crippen molar-refractivity contribution in [3.63, 3.8) is 0 Å². The molecule has 0 atom stereocenters. The molecule has 0 spiro atoms. The van der Waals surface area contributed by atoms with Crippen LogP contribution in [-0.4, -0.2) is 6.85 Å². The van der Waals surface area contributed by atoms with E-state index in [-0.39, 0.29) is 6.85 Å². The number of hydrogen-bond acceptors (Lipinski definition) is 2. The molecule has 2 aromatic heterocycles. The van der Waals surface area contributed by atoms with Gasteiger partial charge in [0.25, 0.3) is 5.82 Å². The SMILES string of the molecule is CB1c2oc3ccccc3c2C=C(C)N1c1cc(C)cc[n+]1C. The highest BCUT2D eigenvalue weighted by Crippen LogP contribution is 2.29. The zero-order valence-corrected chi connectivity index (χ0v) is 14.0. The van der Waals surface area contributed by atoms with Gasteiger partial charge in [-0.1, -0.05) is 18.2 Å². The molecule has 3 heterocycles. The zero-order chi connectivity index (χ0) is 16.1. The molecule has 0 bridgehead atoms. The third kappa shape index (κ3) is 2.09. The molecule has 0 radical (unpaired) electrons. The van der Waals surface area contributed by atoms with Crippen LogP contribution in [-0.2, 0) is 7.05 Å². The van der Waals surface area contributed by atoms with Crippen LogP contribution in [0.5, 0.6) is 0 Å². The van der Waals surface area contributed by atoms with E-state index < -0.39 is 0 Å². The number of aryl methyl sites for hydroxylation is 2. The van der Waals surface area contributed by atoms with Crippen molar-refractivity contribution in [2.45, 2.75) is 20.7 Å². The van der Waals surface area contributed by atoms with Crippen molar-refractivity contribution < 1.29 is 8.98 Å². The van der Waals surface area contributed by atoms with Crippen molar-refractivity contribution in [1.82, 2.24) is 0 Å². The minimum atomic E-state index is 0.162. The Balaban J connectivity index is 1.92. The maximum atomic E-state index is 6.18. The van der Waals surface area contributed by atoms with E-state index in [9.17, 15) is 0 Å². The van der Waals surface area contributed by atoms with Gasteiger partial charge in [-0.05, 0) is 44.4 Å². The molecular weight excluding hydrogens is 283 g/mol. The van der Waals surface area contributed by atoms with Gasteiger partial charge in [0.2, 0.25) is 0 Å². The fourth-order valence-electron chi connectivity index (χ4n) is 3.52. The summed E-state index contributed by atoms with van der Waals surface area (Å²) in [6, 6.07) is 12.6. The lowest BCUT2D eigenvalue weighted by molar-refractivity contribution is -0.658. The van der Waals surface area contributed by atoms with E-state index in [4.69, 9.17) is 4.42 Å². The van der Waals surface area contributed by atoms with E-state index in [2.05, 4.69) is 73.6 Å². The predicted molar refractivity (Wildman–Crippen MR) is 96.0 cm³/mol. The van der Waals surface area contributed by atoms with Crippen LogP contribution in [0, 0.1) is 6.92 Å². The molecule has 0 aliphatic carbocycles. The van der Waals surface area contributed by atoms with Crippen molar-refractivity contribution >= 4 is 35.4 Å². The zero-order valence-electron chi connectivity index (χ0n) is 14.0. The highest BCUT2D eigenvalue weighted by atomic mass is 16.3. The first-order valence-corrected chi connectivity index (χ1v) is 8.01. The number of furan rings is 1. The van der Waals surface area contributed by atoms with Gasteiger partial charge in [0.15, 0.2) is 0 Å². The van der Waals surface area contributed by atoms with Crippen LogP contribution in [0.2, 0.25) is 6.82 Å². The van der Waals surface area contributed by atoms with E-state index in [1.807, 2.05) is 12.1 Å². The topological polar surface area (TPSA) is 20.3 Å². The molecule has 1 aliphatic heterocycles. The number of anilines is 1.